The maximum atomic E-state index is 12.6. The summed E-state index contributed by atoms with van der Waals surface area (Å²) in [6, 6.07) is 23.3. The number of para-hydroxylation sites is 1. The minimum atomic E-state index is -0.105. The molecule has 0 aliphatic carbocycles. The average molecular weight is 366 g/mol. The summed E-state index contributed by atoms with van der Waals surface area (Å²) in [5, 5.41) is 3.59. The molecule has 0 aromatic heterocycles. The SMILES string of the molecule is COc1ccc(Cl)cc1CC(=O)Nc1ccccc1Cc1ccccc1. The Hall–Kier alpha value is -2.78. The maximum Gasteiger partial charge on any atom is 0.228 e. The second kappa shape index (κ2) is 8.54. The van der Waals surface area contributed by atoms with E-state index in [4.69, 9.17) is 16.3 Å². The van der Waals surface area contributed by atoms with Crippen LogP contribution in [0.3, 0.4) is 0 Å². The van der Waals surface area contributed by atoms with Gasteiger partial charge in [0.25, 0.3) is 0 Å². The number of rotatable bonds is 6. The van der Waals surface area contributed by atoms with Crippen LogP contribution in [0.5, 0.6) is 5.75 Å². The Kier molecular flexibility index (Phi) is 5.92. The van der Waals surface area contributed by atoms with Crippen LogP contribution in [0, 0.1) is 0 Å². The van der Waals surface area contributed by atoms with Crippen molar-refractivity contribution in [1.29, 1.82) is 0 Å². The van der Waals surface area contributed by atoms with Gasteiger partial charge in [0.15, 0.2) is 0 Å². The number of anilines is 1. The lowest BCUT2D eigenvalue weighted by Gasteiger charge is -2.13. The maximum absolute atomic E-state index is 12.6. The molecule has 0 unspecified atom stereocenters. The highest BCUT2D eigenvalue weighted by Crippen LogP contribution is 2.24. The van der Waals surface area contributed by atoms with Crippen molar-refractivity contribution < 1.29 is 9.53 Å². The van der Waals surface area contributed by atoms with Crippen LogP contribution < -0.4 is 10.1 Å². The lowest BCUT2D eigenvalue weighted by atomic mass is 10.0. The van der Waals surface area contributed by atoms with E-state index in [9.17, 15) is 4.79 Å². The second-order valence-corrected chi connectivity index (χ2v) is 6.44. The van der Waals surface area contributed by atoms with Gasteiger partial charge in [-0.15, -0.1) is 0 Å². The summed E-state index contributed by atoms with van der Waals surface area (Å²) in [7, 11) is 1.58. The van der Waals surface area contributed by atoms with Crippen LogP contribution in [0.2, 0.25) is 5.02 Å². The number of hydrogen-bond acceptors (Lipinski definition) is 2. The fourth-order valence-electron chi connectivity index (χ4n) is 2.86. The second-order valence-electron chi connectivity index (χ2n) is 6.00. The van der Waals surface area contributed by atoms with E-state index in [0.29, 0.717) is 10.8 Å². The highest BCUT2D eigenvalue weighted by Gasteiger charge is 2.12. The summed E-state index contributed by atoms with van der Waals surface area (Å²) >= 11 is 6.05. The fraction of sp³-hybridized carbons (Fsp3) is 0.136. The van der Waals surface area contributed by atoms with Gasteiger partial charge in [-0.1, -0.05) is 60.1 Å². The molecule has 0 saturated heterocycles. The van der Waals surface area contributed by atoms with Crippen molar-refractivity contribution in [3.05, 3.63) is 94.5 Å². The van der Waals surface area contributed by atoms with Gasteiger partial charge in [0.05, 0.1) is 13.5 Å². The first-order valence-corrected chi connectivity index (χ1v) is 8.77. The Balaban J connectivity index is 1.75. The van der Waals surface area contributed by atoms with Crippen molar-refractivity contribution in [2.24, 2.45) is 0 Å². The number of methoxy groups -OCH3 is 1. The normalized spacial score (nSPS) is 10.4. The quantitative estimate of drug-likeness (QED) is 0.658. The van der Waals surface area contributed by atoms with Crippen molar-refractivity contribution in [1.82, 2.24) is 0 Å². The van der Waals surface area contributed by atoms with Gasteiger partial charge in [-0.3, -0.25) is 4.79 Å². The summed E-state index contributed by atoms with van der Waals surface area (Å²) in [5.41, 5.74) is 3.86. The van der Waals surface area contributed by atoms with Crippen molar-refractivity contribution >= 4 is 23.2 Å². The van der Waals surface area contributed by atoms with E-state index < -0.39 is 0 Å². The Bertz CT molecular complexity index is 894. The van der Waals surface area contributed by atoms with E-state index in [2.05, 4.69) is 17.4 Å². The predicted molar refractivity (Wildman–Crippen MR) is 106 cm³/mol. The molecule has 3 rings (SSSR count). The molecule has 1 amide bonds. The van der Waals surface area contributed by atoms with Gasteiger partial charge in [0, 0.05) is 16.3 Å². The van der Waals surface area contributed by atoms with Gasteiger partial charge >= 0.3 is 0 Å². The van der Waals surface area contributed by atoms with Crippen LogP contribution in [0.25, 0.3) is 0 Å². The van der Waals surface area contributed by atoms with Crippen LogP contribution in [0.1, 0.15) is 16.7 Å². The van der Waals surface area contributed by atoms with Crippen LogP contribution in [0.15, 0.2) is 72.8 Å². The molecule has 0 saturated carbocycles. The molecule has 0 radical (unpaired) electrons. The van der Waals surface area contributed by atoms with E-state index in [-0.39, 0.29) is 12.3 Å². The summed E-state index contributed by atoms with van der Waals surface area (Å²) in [5.74, 6) is 0.549. The van der Waals surface area contributed by atoms with E-state index in [0.717, 1.165) is 23.2 Å². The third kappa shape index (κ3) is 4.64. The Morgan fingerprint density at radius 2 is 1.69 bits per heavy atom. The molecule has 3 aromatic rings. The Labute approximate surface area is 158 Å². The lowest BCUT2D eigenvalue weighted by molar-refractivity contribution is -0.115. The van der Waals surface area contributed by atoms with Crippen molar-refractivity contribution in [2.75, 3.05) is 12.4 Å². The van der Waals surface area contributed by atoms with Crippen molar-refractivity contribution in [2.45, 2.75) is 12.8 Å². The largest absolute Gasteiger partial charge is 0.496 e. The topological polar surface area (TPSA) is 38.3 Å². The zero-order chi connectivity index (χ0) is 18.4. The molecule has 0 fully saturated rings. The fourth-order valence-corrected chi connectivity index (χ4v) is 3.06. The van der Waals surface area contributed by atoms with Gasteiger partial charge in [-0.2, -0.15) is 0 Å². The number of hydrogen-bond donors (Lipinski definition) is 1. The average Bonchev–Trinajstić information content (AvgIpc) is 2.64. The zero-order valence-corrected chi connectivity index (χ0v) is 15.3. The van der Waals surface area contributed by atoms with Gasteiger partial charge in [-0.05, 0) is 41.8 Å². The molecule has 0 aliphatic heterocycles. The Morgan fingerprint density at radius 3 is 2.46 bits per heavy atom. The van der Waals surface area contributed by atoms with Gasteiger partial charge in [-0.25, -0.2) is 0 Å². The first-order valence-electron chi connectivity index (χ1n) is 8.40. The molecule has 26 heavy (non-hydrogen) atoms. The van der Waals surface area contributed by atoms with Crippen molar-refractivity contribution in [3.63, 3.8) is 0 Å². The van der Waals surface area contributed by atoms with Crippen LogP contribution in [-0.2, 0) is 17.6 Å². The Morgan fingerprint density at radius 1 is 0.962 bits per heavy atom. The zero-order valence-electron chi connectivity index (χ0n) is 14.5. The summed E-state index contributed by atoms with van der Waals surface area (Å²) in [6.45, 7) is 0. The molecule has 0 aliphatic rings. The molecule has 3 nitrogen and oxygen atoms in total. The van der Waals surface area contributed by atoms with E-state index in [1.165, 1.54) is 5.56 Å². The number of amides is 1. The highest BCUT2D eigenvalue weighted by atomic mass is 35.5. The monoisotopic (exact) mass is 365 g/mol. The molecule has 0 spiro atoms. The molecule has 0 atom stereocenters. The molecule has 132 valence electrons. The molecule has 4 heteroatoms. The number of halogens is 1. The lowest BCUT2D eigenvalue weighted by Crippen LogP contribution is -2.16. The summed E-state index contributed by atoms with van der Waals surface area (Å²) < 4.78 is 5.32. The smallest absolute Gasteiger partial charge is 0.228 e. The first-order chi connectivity index (χ1) is 12.7. The predicted octanol–water partition coefficient (Wildman–Crippen LogP) is 5.12. The molecular formula is C22H20ClNO2. The van der Waals surface area contributed by atoms with E-state index >= 15 is 0 Å². The van der Waals surface area contributed by atoms with E-state index in [1.54, 1.807) is 25.3 Å². The number of carbonyl (C=O) groups is 1. The van der Waals surface area contributed by atoms with Crippen LogP contribution in [-0.4, -0.2) is 13.0 Å². The minimum Gasteiger partial charge on any atom is -0.496 e. The van der Waals surface area contributed by atoms with E-state index in [1.807, 2.05) is 42.5 Å². The van der Waals surface area contributed by atoms with Crippen LogP contribution >= 0.6 is 11.6 Å². The number of ether oxygens (including phenoxy) is 1. The molecular weight excluding hydrogens is 346 g/mol. The summed E-state index contributed by atoms with van der Waals surface area (Å²) in [4.78, 5) is 12.6. The molecule has 1 N–H and O–H groups in total. The number of nitrogens with one attached hydrogen (secondary N) is 1. The van der Waals surface area contributed by atoms with Gasteiger partial charge in [0.1, 0.15) is 5.75 Å². The summed E-state index contributed by atoms with van der Waals surface area (Å²) in [6.07, 6.45) is 0.960. The molecule has 3 aromatic carbocycles. The third-order valence-corrected chi connectivity index (χ3v) is 4.36. The minimum absolute atomic E-state index is 0.105. The first kappa shape index (κ1) is 18.0. The van der Waals surface area contributed by atoms with Crippen molar-refractivity contribution in [3.8, 4) is 5.75 Å². The third-order valence-electron chi connectivity index (χ3n) is 4.12. The molecule has 0 heterocycles. The standard InChI is InChI=1S/C22H20ClNO2/c1-26-21-12-11-19(23)14-18(21)15-22(25)24-20-10-6-5-9-17(20)13-16-7-3-2-4-8-16/h2-12,14H,13,15H2,1H3,(H,24,25). The van der Waals surface area contributed by atoms with Crippen LogP contribution in [0.4, 0.5) is 5.69 Å². The van der Waals surface area contributed by atoms with Gasteiger partial charge in [0.2, 0.25) is 5.91 Å². The number of carbonyl (C=O) groups excluding carboxylic acids is 1. The highest BCUT2D eigenvalue weighted by molar-refractivity contribution is 6.30. The molecule has 0 bridgehead atoms. The number of benzene rings is 3. The van der Waals surface area contributed by atoms with Gasteiger partial charge < -0.3 is 10.1 Å².